The highest BCUT2D eigenvalue weighted by Crippen LogP contribution is 2.46. The summed E-state index contributed by atoms with van der Waals surface area (Å²) in [7, 11) is 0. The third-order valence-electron chi connectivity index (χ3n) is 5.34. The van der Waals surface area contributed by atoms with Gasteiger partial charge in [-0.1, -0.05) is 18.3 Å². The molecule has 0 spiro atoms. The lowest BCUT2D eigenvalue weighted by molar-refractivity contribution is -0.688. The molecular weight excluding hydrogens is 358 g/mol. The van der Waals surface area contributed by atoms with Gasteiger partial charge in [0.1, 0.15) is 12.7 Å². The minimum atomic E-state index is -1.39. The number of imidazole rings is 1. The van der Waals surface area contributed by atoms with Crippen molar-refractivity contribution in [1.29, 1.82) is 0 Å². The number of hydrogen-bond acceptors (Lipinski definition) is 6. The fourth-order valence-electron chi connectivity index (χ4n) is 4.11. The molecule has 0 radical (unpaired) electrons. The number of thiazole rings is 1. The molecule has 4 heterocycles. The summed E-state index contributed by atoms with van der Waals surface area (Å²) in [5.41, 5.74) is 1.01. The molecule has 2 aliphatic rings. The van der Waals surface area contributed by atoms with Crippen LogP contribution in [0.5, 0.6) is 0 Å². The molecule has 0 saturated carbocycles. The van der Waals surface area contributed by atoms with E-state index in [0.29, 0.717) is 11.3 Å². The highest BCUT2D eigenvalue weighted by Gasteiger charge is 2.58. The number of carboxylic acid groups (broad SMARTS) is 1. The number of aliphatic hydroxyl groups is 1. The molecule has 1 saturated heterocycles. The van der Waals surface area contributed by atoms with Crippen molar-refractivity contribution in [3.05, 3.63) is 34.9 Å². The van der Waals surface area contributed by atoms with E-state index in [0.717, 1.165) is 11.1 Å². The fraction of sp³-hybridized carbons (Fsp3) is 0.412. The van der Waals surface area contributed by atoms with Crippen molar-refractivity contribution in [2.75, 3.05) is 0 Å². The van der Waals surface area contributed by atoms with E-state index in [1.54, 1.807) is 27.6 Å². The molecule has 2 aromatic heterocycles. The van der Waals surface area contributed by atoms with E-state index < -0.39 is 18.0 Å². The van der Waals surface area contributed by atoms with Gasteiger partial charge in [-0.2, -0.15) is 4.40 Å². The molecule has 9 heteroatoms. The number of aromatic nitrogens is 2. The summed E-state index contributed by atoms with van der Waals surface area (Å²) in [4.78, 5) is 37.2. The first-order chi connectivity index (χ1) is 12.3. The van der Waals surface area contributed by atoms with Crippen LogP contribution in [0.1, 0.15) is 24.3 Å². The van der Waals surface area contributed by atoms with Gasteiger partial charge < -0.3 is 19.9 Å². The average molecular weight is 375 g/mol. The van der Waals surface area contributed by atoms with Gasteiger partial charge in [0.2, 0.25) is 10.7 Å². The first kappa shape index (κ1) is 16.9. The van der Waals surface area contributed by atoms with Crippen LogP contribution in [0.3, 0.4) is 0 Å². The fourth-order valence-corrected chi connectivity index (χ4v) is 4.98. The molecule has 4 rings (SSSR count). The van der Waals surface area contributed by atoms with Gasteiger partial charge in [0.05, 0.1) is 29.7 Å². The lowest BCUT2D eigenvalue weighted by atomic mass is 9.78. The molecule has 1 amide bonds. The largest absolute Gasteiger partial charge is 0.543 e. The van der Waals surface area contributed by atoms with Crippen molar-refractivity contribution < 1.29 is 29.2 Å². The topological polar surface area (TPSA) is 106 Å². The third kappa shape index (κ3) is 2.17. The van der Waals surface area contributed by atoms with Gasteiger partial charge in [0, 0.05) is 16.9 Å². The number of carbonyl (C=O) groups excluding carboxylic acids is 3. The molecule has 0 aromatic carbocycles. The second-order valence-corrected chi connectivity index (χ2v) is 7.71. The Kier molecular flexibility index (Phi) is 3.74. The average Bonchev–Trinajstić information content (AvgIpc) is 3.19. The van der Waals surface area contributed by atoms with Crippen LogP contribution in [-0.4, -0.2) is 44.7 Å². The van der Waals surface area contributed by atoms with Crippen LogP contribution < -0.4 is 9.67 Å². The van der Waals surface area contributed by atoms with E-state index in [2.05, 4.69) is 0 Å². The van der Waals surface area contributed by atoms with E-state index >= 15 is 0 Å². The number of carboxylic acids is 1. The number of β-lactam (4-membered cyclic amide) rings is 1. The van der Waals surface area contributed by atoms with Gasteiger partial charge in [-0.15, -0.1) is 0 Å². The second kappa shape index (κ2) is 5.75. The lowest BCUT2D eigenvalue weighted by Crippen LogP contribution is -2.64. The summed E-state index contributed by atoms with van der Waals surface area (Å²) >= 11 is 1.41. The molecule has 2 aromatic rings. The Bertz CT molecular complexity index is 972. The molecular formula is C17H17N3O5S. The third-order valence-corrected chi connectivity index (χ3v) is 6.24. The van der Waals surface area contributed by atoms with Crippen LogP contribution in [0.2, 0.25) is 0 Å². The van der Waals surface area contributed by atoms with E-state index in [1.165, 1.54) is 16.2 Å². The van der Waals surface area contributed by atoms with Crippen molar-refractivity contribution in [1.82, 2.24) is 9.30 Å². The van der Waals surface area contributed by atoms with Gasteiger partial charge in [-0.3, -0.25) is 9.59 Å². The number of aliphatic carboxylic acids is 1. The molecule has 0 bridgehead atoms. The van der Waals surface area contributed by atoms with Crippen molar-refractivity contribution >= 4 is 34.3 Å². The first-order valence-electron chi connectivity index (χ1n) is 8.24. The number of hydrogen-bond donors (Lipinski definition) is 1. The Hall–Kier alpha value is -2.52. The van der Waals surface area contributed by atoms with Gasteiger partial charge >= 0.3 is 0 Å². The Balaban J connectivity index is 1.71. The zero-order chi connectivity index (χ0) is 18.7. The molecule has 0 unspecified atom stereocenters. The molecule has 1 N–H and O–H groups in total. The molecule has 4 atom stereocenters. The normalized spacial score (nSPS) is 26.2. The van der Waals surface area contributed by atoms with Crippen molar-refractivity contribution in [3.8, 4) is 0 Å². The highest BCUT2D eigenvalue weighted by molar-refractivity contribution is 7.15. The van der Waals surface area contributed by atoms with Gasteiger partial charge in [0.25, 0.3) is 6.33 Å². The van der Waals surface area contributed by atoms with Gasteiger partial charge in [-0.05, 0) is 6.92 Å². The SMILES string of the molecule is C[C@@H](O)[C@H]1C(=O)N2C(C(=O)[O-])=C(C[n+]3cc4scc(C=O)n4c3)[C@H](C)[C@H]12. The maximum Gasteiger partial charge on any atom is 0.250 e. The smallest absolute Gasteiger partial charge is 0.250 e. The number of aliphatic hydroxyl groups excluding tert-OH is 1. The summed E-state index contributed by atoms with van der Waals surface area (Å²) in [6.07, 6.45) is 3.48. The predicted octanol–water partition coefficient (Wildman–Crippen LogP) is -1.04. The Morgan fingerprint density at radius 3 is 2.88 bits per heavy atom. The monoisotopic (exact) mass is 375 g/mol. The molecule has 26 heavy (non-hydrogen) atoms. The number of fused-ring (bicyclic) bond motifs is 2. The van der Waals surface area contributed by atoms with Crippen LogP contribution in [0.4, 0.5) is 0 Å². The molecule has 136 valence electrons. The number of aldehydes is 1. The van der Waals surface area contributed by atoms with Crippen molar-refractivity contribution in [3.63, 3.8) is 0 Å². The summed E-state index contributed by atoms with van der Waals surface area (Å²) in [6, 6.07) is -0.361. The zero-order valence-electron chi connectivity index (χ0n) is 14.2. The molecule has 8 nitrogen and oxygen atoms in total. The van der Waals surface area contributed by atoms with E-state index in [1.807, 2.05) is 13.1 Å². The Morgan fingerprint density at radius 2 is 2.27 bits per heavy atom. The number of amides is 1. The Morgan fingerprint density at radius 1 is 1.54 bits per heavy atom. The van der Waals surface area contributed by atoms with Crippen LogP contribution in [-0.2, 0) is 16.1 Å². The van der Waals surface area contributed by atoms with Crippen LogP contribution in [0, 0.1) is 11.8 Å². The molecule has 0 aliphatic carbocycles. The van der Waals surface area contributed by atoms with Crippen molar-refractivity contribution in [2.24, 2.45) is 11.8 Å². The van der Waals surface area contributed by atoms with Crippen LogP contribution >= 0.6 is 11.3 Å². The minimum absolute atomic E-state index is 0.0953. The van der Waals surface area contributed by atoms with E-state index in [9.17, 15) is 24.6 Å². The first-order valence-corrected chi connectivity index (χ1v) is 9.12. The highest BCUT2D eigenvalue weighted by atomic mass is 32.1. The Labute approximate surface area is 152 Å². The number of carbonyl (C=O) groups is 3. The van der Waals surface area contributed by atoms with Crippen LogP contribution in [0.15, 0.2) is 29.2 Å². The summed E-state index contributed by atoms with van der Waals surface area (Å²) in [6.45, 7) is 3.67. The minimum Gasteiger partial charge on any atom is -0.543 e. The number of nitrogens with zero attached hydrogens (tertiary/aromatic N) is 3. The van der Waals surface area contributed by atoms with E-state index in [-0.39, 0.29) is 30.1 Å². The zero-order valence-corrected chi connectivity index (χ0v) is 15.0. The second-order valence-electron chi connectivity index (χ2n) is 6.82. The maximum atomic E-state index is 12.3. The van der Waals surface area contributed by atoms with Crippen LogP contribution in [0.25, 0.3) is 4.83 Å². The lowest BCUT2D eigenvalue weighted by Gasteiger charge is -2.47. The summed E-state index contributed by atoms with van der Waals surface area (Å²) in [5, 5.41) is 23.3. The van der Waals surface area contributed by atoms with Gasteiger partial charge in [-0.25, -0.2) is 4.57 Å². The standard InChI is InChI=1S/C17H17N3O5S/c1-8-11(3-18-4-12-19(7-18)10(5-21)6-26-12)15(17(24)25)20-14(8)13(9(2)22)16(20)23/h4-9,13-14,22H,3H2,1-2H3/t8-,9+,13+,14+/m0/s1. The van der Waals surface area contributed by atoms with E-state index in [4.69, 9.17) is 0 Å². The summed E-state index contributed by atoms with van der Waals surface area (Å²) in [5.74, 6) is -2.57. The predicted molar refractivity (Wildman–Crippen MR) is 87.9 cm³/mol. The number of rotatable bonds is 5. The molecule has 2 aliphatic heterocycles. The summed E-state index contributed by atoms with van der Waals surface area (Å²) < 4.78 is 3.52. The van der Waals surface area contributed by atoms with Gasteiger partial charge in [0.15, 0.2) is 12.0 Å². The quantitative estimate of drug-likeness (QED) is 0.408. The van der Waals surface area contributed by atoms with Crippen molar-refractivity contribution in [2.45, 2.75) is 32.5 Å². The molecule has 1 fully saturated rings. The maximum absolute atomic E-state index is 12.3.